The number of aryl methyl sites for hydroxylation is 1. The molecule has 23 heavy (non-hydrogen) atoms. The molecule has 0 unspecified atom stereocenters. The highest BCUT2D eigenvalue weighted by Crippen LogP contribution is 2.20. The van der Waals surface area contributed by atoms with Crippen molar-refractivity contribution in [2.75, 3.05) is 24.3 Å². The molecule has 2 aromatic rings. The smallest absolute Gasteiger partial charge is 0.337 e. The summed E-state index contributed by atoms with van der Waals surface area (Å²) < 4.78 is 4.66. The Hall–Kier alpha value is -2.53. The topological polar surface area (TPSA) is 67.4 Å². The van der Waals surface area contributed by atoms with Crippen LogP contribution in [0.3, 0.4) is 0 Å². The third-order valence-corrected chi connectivity index (χ3v) is 3.45. The summed E-state index contributed by atoms with van der Waals surface area (Å²) in [5.41, 5.74) is 2.68. The maximum Gasteiger partial charge on any atom is 0.337 e. The van der Waals surface area contributed by atoms with Crippen molar-refractivity contribution in [2.45, 2.75) is 6.92 Å². The highest BCUT2D eigenvalue weighted by molar-refractivity contribution is 6.31. The van der Waals surface area contributed by atoms with Gasteiger partial charge in [-0.1, -0.05) is 23.7 Å². The molecule has 2 rings (SSSR count). The minimum Gasteiger partial charge on any atom is -0.465 e. The van der Waals surface area contributed by atoms with E-state index in [9.17, 15) is 9.59 Å². The van der Waals surface area contributed by atoms with E-state index in [0.717, 1.165) is 5.56 Å². The Bertz CT molecular complexity index is 732. The molecule has 0 saturated carbocycles. The Morgan fingerprint density at radius 3 is 2.70 bits per heavy atom. The first-order valence-electron chi connectivity index (χ1n) is 6.98. The predicted molar refractivity (Wildman–Crippen MR) is 91.1 cm³/mol. The van der Waals surface area contributed by atoms with Gasteiger partial charge < -0.3 is 15.4 Å². The lowest BCUT2D eigenvalue weighted by molar-refractivity contribution is -0.114. The molecule has 0 saturated heterocycles. The lowest BCUT2D eigenvalue weighted by Crippen LogP contribution is -2.22. The molecular weight excluding hydrogens is 316 g/mol. The molecule has 2 aromatic carbocycles. The zero-order valence-corrected chi connectivity index (χ0v) is 13.6. The fraction of sp³-hybridized carbons (Fsp3) is 0.176. The van der Waals surface area contributed by atoms with Crippen molar-refractivity contribution < 1.29 is 14.3 Å². The molecule has 0 heterocycles. The van der Waals surface area contributed by atoms with Gasteiger partial charge in [0.25, 0.3) is 0 Å². The second-order valence-corrected chi connectivity index (χ2v) is 5.37. The number of carbonyl (C=O) groups excluding carboxylic acids is 2. The molecule has 5 nitrogen and oxygen atoms in total. The van der Waals surface area contributed by atoms with Gasteiger partial charge >= 0.3 is 5.97 Å². The van der Waals surface area contributed by atoms with Crippen LogP contribution < -0.4 is 10.6 Å². The summed E-state index contributed by atoms with van der Waals surface area (Å²) >= 11 is 5.92. The molecule has 0 aliphatic heterocycles. The zero-order valence-electron chi connectivity index (χ0n) is 12.9. The van der Waals surface area contributed by atoms with Crippen molar-refractivity contribution in [2.24, 2.45) is 0 Å². The highest BCUT2D eigenvalue weighted by atomic mass is 35.5. The summed E-state index contributed by atoms with van der Waals surface area (Å²) in [5, 5.41) is 6.32. The summed E-state index contributed by atoms with van der Waals surface area (Å²) in [4.78, 5) is 23.5. The first kappa shape index (κ1) is 16.8. The van der Waals surface area contributed by atoms with Crippen molar-refractivity contribution in [1.29, 1.82) is 0 Å². The molecule has 0 spiro atoms. The largest absolute Gasteiger partial charge is 0.465 e. The van der Waals surface area contributed by atoms with Gasteiger partial charge in [0, 0.05) is 16.4 Å². The molecule has 120 valence electrons. The van der Waals surface area contributed by atoms with Crippen molar-refractivity contribution in [1.82, 2.24) is 0 Å². The van der Waals surface area contributed by atoms with E-state index in [1.165, 1.54) is 7.11 Å². The first-order chi connectivity index (χ1) is 11.0. The second kappa shape index (κ2) is 7.65. The minimum absolute atomic E-state index is 0.0661. The standard InChI is InChI=1S/C17H17ClN2O3/c1-11-6-7-13(18)9-15(11)20-16(21)10-19-14-5-3-4-12(8-14)17(22)23-2/h3-9,19H,10H2,1-2H3,(H,20,21). The van der Waals surface area contributed by atoms with Gasteiger partial charge in [0.2, 0.25) is 5.91 Å². The Labute approximate surface area is 139 Å². The first-order valence-corrected chi connectivity index (χ1v) is 7.35. The lowest BCUT2D eigenvalue weighted by atomic mass is 10.2. The maximum absolute atomic E-state index is 12.0. The van der Waals surface area contributed by atoms with Crippen LogP contribution in [-0.4, -0.2) is 25.5 Å². The summed E-state index contributed by atoms with van der Waals surface area (Å²) in [6, 6.07) is 12.1. The summed E-state index contributed by atoms with van der Waals surface area (Å²) in [6.07, 6.45) is 0. The average Bonchev–Trinajstić information content (AvgIpc) is 2.56. The quantitative estimate of drug-likeness (QED) is 0.822. The molecule has 0 aliphatic carbocycles. The SMILES string of the molecule is COC(=O)c1cccc(NCC(=O)Nc2cc(Cl)ccc2C)c1. The molecular formula is C17H17ClN2O3. The predicted octanol–water partition coefficient (Wildman–Crippen LogP) is 3.49. The number of amides is 1. The Morgan fingerprint density at radius 2 is 1.96 bits per heavy atom. The van der Waals surface area contributed by atoms with E-state index in [-0.39, 0.29) is 12.5 Å². The number of rotatable bonds is 5. The number of ether oxygens (including phenoxy) is 1. The van der Waals surface area contributed by atoms with Crippen LogP contribution in [0.5, 0.6) is 0 Å². The zero-order chi connectivity index (χ0) is 16.8. The van der Waals surface area contributed by atoms with Crippen LogP contribution in [0.25, 0.3) is 0 Å². The average molecular weight is 333 g/mol. The summed E-state index contributed by atoms with van der Waals surface area (Å²) in [5.74, 6) is -0.633. The van der Waals surface area contributed by atoms with Gasteiger partial charge in [-0.05, 0) is 42.8 Å². The number of esters is 1. The number of carbonyl (C=O) groups is 2. The van der Waals surface area contributed by atoms with Crippen molar-refractivity contribution in [3.63, 3.8) is 0 Å². The van der Waals surface area contributed by atoms with Crippen LogP contribution in [-0.2, 0) is 9.53 Å². The molecule has 0 fully saturated rings. The van der Waals surface area contributed by atoms with E-state index in [0.29, 0.717) is 22.0 Å². The van der Waals surface area contributed by atoms with E-state index in [2.05, 4.69) is 15.4 Å². The van der Waals surface area contributed by atoms with Crippen molar-refractivity contribution >= 4 is 34.9 Å². The van der Waals surface area contributed by atoms with Crippen LogP contribution in [0.4, 0.5) is 11.4 Å². The number of halogens is 1. The van der Waals surface area contributed by atoms with Crippen molar-refractivity contribution in [3.05, 3.63) is 58.6 Å². The van der Waals surface area contributed by atoms with Gasteiger partial charge in [-0.3, -0.25) is 4.79 Å². The van der Waals surface area contributed by atoms with E-state index in [4.69, 9.17) is 11.6 Å². The molecule has 0 aliphatic rings. The number of nitrogens with one attached hydrogen (secondary N) is 2. The molecule has 1 amide bonds. The van der Waals surface area contributed by atoms with Gasteiger partial charge in [-0.25, -0.2) is 4.79 Å². The Balaban J connectivity index is 1.97. The normalized spacial score (nSPS) is 10.0. The van der Waals surface area contributed by atoms with Gasteiger partial charge in [0.15, 0.2) is 0 Å². The molecule has 0 aromatic heterocycles. The second-order valence-electron chi connectivity index (χ2n) is 4.93. The maximum atomic E-state index is 12.0. The minimum atomic E-state index is -0.423. The lowest BCUT2D eigenvalue weighted by Gasteiger charge is -2.11. The molecule has 0 bridgehead atoms. The van der Waals surface area contributed by atoms with Gasteiger partial charge in [-0.15, -0.1) is 0 Å². The van der Waals surface area contributed by atoms with E-state index in [1.807, 2.05) is 13.0 Å². The van der Waals surface area contributed by atoms with Crippen LogP contribution in [0, 0.1) is 6.92 Å². The molecule has 2 N–H and O–H groups in total. The van der Waals surface area contributed by atoms with Crippen LogP contribution in [0.15, 0.2) is 42.5 Å². The highest BCUT2D eigenvalue weighted by Gasteiger charge is 2.08. The van der Waals surface area contributed by atoms with E-state index in [1.54, 1.807) is 36.4 Å². The van der Waals surface area contributed by atoms with E-state index < -0.39 is 5.97 Å². The fourth-order valence-corrected chi connectivity index (χ4v) is 2.15. The summed E-state index contributed by atoms with van der Waals surface area (Å²) in [6.45, 7) is 1.95. The van der Waals surface area contributed by atoms with E-state index >= 15 is 0 Å². The van der Waals surface area contributed by atoms with Crippen LogP contribution in [0.2, 0.25) is 5.02 Å². The van der Waals surface area contributed by atoms with Crippen LogP contribution >= 0.6 is 11.6 Å². The number of hydrogen-bond donors (Lipinski definition) is 2. The van der Waals surface area contributed by atoms with Crippen LogP contribution in [0.1, 0.15) is 15.9 Å². The molecule has 0 atom stereocenters. The third kappa shape index (κ3) is 4.72. The molecule has 6 heteroatoms. The van der Waals surface area contributed by atoms with Gasteiger partial charge in [0.05, 0.1) is 19.2 Å². The number of anilines is 2. The third-order valence-electron chi connectivity index (χ3n) is 3.21. The molecule has 0 radical (unpaired) electrons. The fourth-order valence-electron chi connectivity index (χ4n) is 1.98. The number of benzene rings is 2. The Morgan fingerprint density at radius 1 is 1.17 bits per heavy atom. The Kier molecular flexibility index (Phi) is 5.60. The summed E-state index contributed by atoms with van der Waals surface area (Å²) in [7, 11) is 1.32. The number of hydrogen-bond acceptors (Lipinski definition) is 4. The monoisotopic (exact) mass is 332 g/mol. The van der Waals surface area contributed by atoms with Crippen molar-refractivity contribution in [3.8, 4) is 0 Å². The van der Waals surface area contributed by atoms with Gasteiger partial charge in [0.1, 0.15) is 0 Å². The number of methoxy groups -OCH3 is 1. The van der Waals surface area contributed by atoms with Gasteiger partial charge in [-0.2, -0.15) is 0 Å².